The maximum atomic E-state index is 13.1. The molecule has 2 aliphatic rings. The Hall–Kier alpha value is -2.86. The van der Waals surface area contributed by atoms with Gasteiger partial charge in [-0.15, -0.1) is 0 Å². The number of likely N-dealkylation sites (tertiary alicyclic amines) is 1. The Balaban J connectivity index is 1.34. The zero-order chi connectivity index (χ0) is 21.6. The summed E-state index contributed by atoms with van der Waals surface area (Å²) in [4.78, 5) is 32.0. The SMILES string of the molecule is COc1ccc(C2CCCN2C(=O)CN2CCCN(C(=O)c3ccccc3)CC2)cc1. The maximum Gasteiger partial charge on any atom is 0.253 e. The Morgan fingerprint density at radius 3 is 2.42 bits per heavy atom. The zero-order valence-corrected chi connectivity index (χ0v) is 18.2. The standard InChI is InChI=1S/C25H31N3O3/c1-31-22-12-10-20(11-13-22)23-9-5-16-28(23)24(29)19-26-14-6-15-27(18-17-26)25(30)21-7-3-2-4-8-21/h2-4,7-8,10-13,23H,5-6,9,14-19H2,1H3. The van der Waals surface area contributed by atoms with Crippen molar-refractivity contribution >= 4 is 11.8 Å². The first kappa shape index (κ1) is 21.4. The molecule has 0 spiro atoms. The van der Waals surface area contributed by atoms with Crippen LogP contribution in [0.5, 0.6) is 5.75 Å². The van der Waals surface area contributed by atoms with E-state index < -0.39 is 0 Å². The van der Waals surface area contributed by atoms with Crippen LogP contribution in [0.1, 0.15) is 41.2 Å². The quantitative estimate of drug-likeness (QED) is 0.744. The van der Waals surface area contributed by atoms with Crippen molar-refractivity contribution in [2.75, 3.05) is 46.4 Å². The van der Waals surface area contributed by atoms with Crippen molar-refractivity contribution in [2.45, 2.75) is 25.3 Å². The van der Waals surface area contributed by atoms with E-state index in [9.17, 15) is 9.59 Å². The Kier molecular flexibility index (Phi) is 6.87. The van der Waals surface area contributed by atoms with Gasteiger partial charge < -0.3 is 14.5 Å². The van der Waals surface area contributed by atoms with E-state index in [1.807, 2.05) is 52.3 Å². The lowest BCUT2D eigenvalue weighted by Gasteiger charge is -2.28. The summed E-state index contributed by atoms with van der Waals surface area (Å²) in [6.45, 7) is 4.18. The Morgan fingerprint density at radius 1 is 0.903 bits per heavy atom. The third-order valence-corrected chi connectivity index (χ3v) is 6.33. The fraction of sp³-hybridized carbons (Fsp3) is 0.440. The largest absolute Gasteiger partial charge is 0.497 e. The second-order valence-electron chi connectivity index (χ2n) is 8.31. The van der Waals surface area contributed by atoms with E-state index in [1.54, 1.807) is 7.11 Å². The first-order chi connectivity index (χ1) is 15.2. The summed E-state index contributed by atoms with van der Waals surface area (Å²) < 4.78 is 5.26. The van der Waals surface area contributed by atoms with Gasteiger partial charge in [0, 0.05) is 38.3 Å². The molecule has 0 aliphatic carbocycles. The monoisotopic (exact) mass is 421 g/mol. The highest BCUT2D eigenvalue weighted by atomic mass is 16.5. The number of hydrogen-bond donors (Lipinski definition) is 0. The molecule has 1 atom stereocenters. The van der Waals surface area contributed by atoms with E-state index in [4.69, 9.17) is 4.74 Å². The van der Waals surface area contributed by atoms with Gasteiger partial charge in [0.1, 0.15) is 5.75 Å². The third-order valence-electron chi connectivity index (χ3n) is 6.33. The molecule has 2 fully saturated rings. The summed E-state index contributed by atoms with van der Waals surface area (Å²) in [5.74, 6) is 1.09. The van der Waals surface area contributed by atoms with Crippen LogP contribution >= 0.6 is 0 Å². The predicted molar refractivity (Wildman–Crippen MR) is 120 cm³/mol. The summed E-state index contributed by atoms with van der Waals surface area (Å²) in [7, 11) is 1.66. The molecule has 6 heteroatoms. The molecule has 164 valence electrons. The lowest BCUT2D eigenvalue weighted by Crippen LogP contribution is -2.42. The molecule has 2 amide bonds. The van der Waals surface area contributed by atoms with Crippen LogP contribution < -0.4 is 4.74 Å². The summed E-state index contributed by atoms with van der Waals surface area (Å²) in [5, 5.41) is 0. The molecule has 2 heterocycles. The van der Waals surface area contributed by atoms with Crippen molar-refractivity contribution in [3.63, 3.8) is 0 Å². The molecular formula is C25H31N3O3. The lowest BCUT2D eigenvalue weighted by atomic mass is 10.0. The maximum absolute atomic E-state index is 13.1. The highest BCUT2D eigenvalue weighted by molar-refractivity contribution is 5.94. The van der Waals surface area contributed by atoms with Gasteiger partial charge in [-0.05, 0) is 49.1 Å². The molecule has 0 saturated carbocycles. The lowest BCUT2D eigenvalue weighted by molar-refractivity contribution is -0.133. The van der Waals surface area contributed by atoms with Gasteiger partial charge in [0.25, 0.3) is 5.91 Å². The van der Waals surface area contributed by atoms with Crippen molar-refractivity contribution in [3.05, 3.63) is 65.7 Å². The van der Waals surface area contributed by atoms with Crippen LogP contribution in [0.4, 0.5) is 0 Å². The van der Waals surface area contributed by atoms with Crippen molar-refractivity contribution in [2.24, 2.45) is 0 Å². The van der Waals surface area contributed by atoms with Gasteiger partial charge in [0.2, 0.25) is 5.91 Å². The normalized spacial score (nSPS) is 19.8. The molecule has 0 N–H and O–H groups in total. The second kappa shape index (κ2) is 9.96. The number of hydrogen-bond acceptors (Lipinski definition) is 4. The van der Waals surface area contributed by atoms with Gasteiger partial charge in [0.15, 0.2) is 0 Å². The molecule has 4 rings (SSSR count). The van der Waals surface area contributed by atoms with E-state index in [0.29, 0.717) is 13.1 Å². The number of amides is 2. The summed E-state index contributed by atoms with van der Waals surface area (Å²) in [6.07, 6.45) is 2.91. The Morgan fingerprint density at radius 2 is 1.68 bits per heavy atom. The van der Waals surface area contributed by atoms with Crippen molar-refractivity contribution in [1.29, 1.82) is 0 Å². The Bertz CT molecular complexity index is 885. The minimum atomic E-state index is 0.0767. The minimum absolute atomic E-state index is 0.0767. The molecule has 2 aliphatic heterocycles. The number of nitrogens with zero attached hydrogens (tertiary/aromatic N) is 3. The van der Waals surface area contributed by atoms with E-state index in [1.165, 1.54) is 5.56 Å². The van der Waals surface area contributed by atoms with Gasteiger partial charge in [-0.25, -0.2) is 0 Å². The molecule has 31 heavy (non-hydrogen) atoms. The molecule has 0 bridgehead atoms. The average Bonchev–Trinajstić information content (AvgIpc) is 3.20. The van der Waals surface area contributed by atoms with Gasteiger partial charge in [-0.3, -0.25) is 14.5 Å². The van der Waals surface area contributed by atoms with Crippen LogP contribution in [0.3, 0.4) is 0 Å². The fourth-order valence-corrected chi connectivity index (χ4v) is 4.62. The minimum Gasteiger partial charge on any atom is -0.497 e. The van der Waals surface area contributed by atoms with Crippen LogP contribution in [-0.2, 0) is 4.79 Å². The smallest absolute Gasteiger partial charge is 0.253 e. The molecule has 0 aromatic heterocycles. The van der Waals surface area contributed by atoms with E-state index in [2.05, 4.69) is 17.0 Å². The van der Waals surface area contributed by atoms with Crippen LogP contribution in [-0.4, -0.2) is 72.9 Å². The van der Waals surface area contributed by atoms with Crippen LogP contribution in [0, 0.1) is 0 Å². The van der Waals surface area contributed by atoms with E-state index >= 15 is 0 Å². The second-order valence-corrected chi connectivity index (χ2v) is 8.31. The molecule has 6 nitrogen and oxygen atoms in total. The fourth-order valence-electron chi connectivity index (χ4n) is 4.62. The average molecular weight is 422 g/mol. The zero-order valence-electron chi connectivity index (χ0n) is 18.2. The summed E-state index contributed by atoms with van der Waals surface area (Å²) in [5.41, 5.74) is 1.90. The first-order valence-electron chi connectivity index (χ1n) is 11.2. The van der Waals surface area contributed by atoms with Gasteiger partial charge >= 0.3 is 0 Å². The predicted octanol–water partition coefficient (Wildman–Crippen LogP) is 3.21. The van der Waals surface area contributed by atoms with Crippen LogP contribution in [0.2, 0.25) is 0 Å². The summed E-state index contributed by atoms with van der Waals surface area (Å²) >= 11 is 0. The molecule has 2 aromatic carbocycles. The van der Waals surface area contributed by atoms with Crippen LogP contribution in [0.15, 0.2) is 54.6 Å². The number of rotatable bonds is 5. The number of methoxy groups -OCH3 is 1. The van der Waals surface area contributed by atoms with Gasteiger partial charge in [-0.1, -0.05) is 30.3 Å². The topological polar surface area (TPSA) is 53.1 Å². The third kappa shape index (κ3) is 5.07. The number of carbonyl (C=O) groups excluding carboxylic acids is 2. The van der Waals surface area contributed by atoms with Crippen molar-refractivity contribution < 1.29 is 14.3 Å². The Labute approximate surface area is 184 Å². The molecule has 2 aromatic rings. The van der Waals surface area contributed by atoms with E-state index in [-0.39, 0.29) is 17.9 Å². The molecule has 1 unspecified atom stereocenters. The molecular weight excluding hydrogens is 390 g/mol. The van der Waals surface area contributed by atoms with Gasteiger partial charge in [0.05, 0.1) is 19.7 Å². The highest BCUT2D eigenvalue weighted by Gasteiger charge is 2.31. The molecule has 2 saturated heterocycles. The van der Waals surface area contributed by atoms with Gasteiger partial charge in [-0.2, -0.15) is 0 Å². The van der Waals surface area contributed by atoms with Crippen molar-refractivity contribution in [1.82, 2.24) is 14.7 Å². The number of carbonyl (C=O) groups is 2. The molecule has 0 radical (unpaired) electrons. The van der Waals surface area contributed by atoms with Crippen LogP contribution in [0.25, 0.3) is 0 Å². The van der Waals surface area contributed by atoms with Crippen molar-refractivity contribution in [3.8, 4) is 5.75 Å². The number of benzene rings is 2. The summed E-state index contributed by atoms with van der Waals surface area (Å²) in [6, 6.07) is 17.6. The van der Waals surface area contributed by atoms with E-state index in [0.717, 1.165) is 56.8 Å². The highest BCUT2D eigenvalue weighted by Crippen LogP contribution is 2.32. The number of ether oxygens (including phenoxy) is 1. The first-order valence-corrected chi connectivity index (χ1v) is 11.2.